The molecule has 160 valence electrons. The van der Waals surface area contributed by atoms with E-state index in [1.54, 1.807) is 42.5 Å². The summed E-state index contributed by atoms with van der Waals surface area (Å²) < 4.78 is 24.5. The molecule has 3 rings (SSSR count). The number of amides is 1. The highest BCUT2D eigenvalue weighted by molar-refractivity contribution is 6.42. The Labute approximate surface area is 189 Å². The lowest BCUT2D eigenvalue weighted by Crippen LogP contribution is -2.17. The lowest BCUT2D eigenvalue weighted by Gasteiger charge is -2.12. The van der Waals surface area contributed by atoms with Crippen molar-refractivity contribution in [3.05, 3.63) is 93.2 Å². The fourth-order valence-electron chi connectivity index (χ4n) is 2.60. The van der Waals surface area contributed by atoms with E-state index >= 15 is 0 Å². The lowest BCUT2D eigenvalue weighted by atomic mass is 10.2. The van der Waals surface area contributed by atoms with E-state index in [0.29, 0.717) is 34.3 Å². The zero-order valence-electron chi connectivity index (χ0n) is 16.6. The van der Waals surface area contributed by atoms with Gasteiger partial charge in [0, 0.05) is 5.56 Å². The highest BCUT2D eigenvalue weighted by atomic mass is 35.5. The van der Waals surface area contributed by atoms with Crippen molar-refractivity contribution in [1.29, 1.82) is 0 Å². The number of nitrogens with zero attached hydrogens (tertiary/aromatic N) is 1. The van der Waals surface area contributed by atoms with E-state index in [4.69, 9.17) is 32.7 Å². The Hall–Kier alpha value is -3.09. The number of rotatable bonds is 8. The third-order valence-corrected chi connectivity index (χ3v) is 4.88. The van der Waals surface area contributed by atoms with Gasteiger partial charge in [-0.15, -0.1) is 0 Å². The van der Waals surface area contributed by atoms with Crippen molar-refractivity contribution < 1.29 is 18.7 Å². The monoisotopic (exact) mass is 460 g/mol. The summed E-state index contributed by atoms with van der Waals surface area (Å²) >= 11 is 11.8. The van der Waals surface area contributed by atoms with Gasteiger partial charge >= 0.3 is 0 Å². The van der Waals surface area contributed by atoms with Gasteiger partial charge in [-0.05, 0) is 66.6 Å². The predicted octanol–water partition coefficient (Wildman–Crippen LogP) is 5.87. The SMILES string of the molecule is CCOc1cc(/C=N\NC(=O)c2ccc(Cl)c(Cl)c2)ccc1OCc1ccc(F)cc1. The molecule has 3 aromatic rings. The molecular formula is C23H19Cl2FN2O3. The van der Waals surface area contributed by atoms with Crippen LogP contribution in [0.1, 0.15) is 28.4 Å². The first kappa shape index (κ1) is 22.6. The van der Waals surface area contributed by atoms with E-state index in [0.717, 1.165) is 5.56 Å². The Morgan fingerprint density at radius 1 is 1.00 bits per heavy atom. The maximum Gasteiger partial charge on any atom is 0.271 e. The number of halogens is 3. The minimum absolute atomic E-state index is 0.271. The van der Waals surface area contributed by atoms with Crippen LogP contribution in [0.3, 0.4) is 0 Å². The molecule has 3 aromatic carbocycles. The van der Waals surface area contributed by atoms with Gasteiger partial charge in [0.15, 0.2) is 11.5 Å². The van der Waals surface area contributed by atoms with E-state index in [1.165, 1.54) is 24.4 Å². The van der Waals surface area contributed by atoms with Gasteiger partial charge in [-0.2, -0.15) is 5.10 Å². The van der Waals surface area contributed by atoms with Gasteiger partial charge in [-0.1, -0.05) is 35.3 Å². The molecule has 0 spiro atoms. The number of nitrogens with one attached hydrogen (secondary N) is 1. The number of benzene rings is 3. The summed E-state index contributed by atoms with van der Waals surface area (Å²) in [5, 5.41) is 4.63. The van der Waals surface area contributed by atoms with E-state index in [-0.39, 0.29) is 17.4 Å². The minimum atomic E-state index is -0.418. The highest BCUT2D eigenvalue weighted by Gasteiger charge is 2.08. The second-order valence-corrected chi connectivity index (χ2v) is 7.20. The number of hydrogen-bond acceptors (Lipinski definition) is 4. The van der Waals surface area contributed by atoms with Crippen molar-refractivity contribution in [3.8, 4) is 11.5 Å². The second kappa shape index (κ2) is 10.8. The second-order valence-electron chi connectivity index (χ2n) is 6.38. The predicted molar refractivity (Wildman–Crippen MR) is 120 cm³/mol. The first-order chi connectivity index (χ1) is 15.0. The molecular weight excluding hydrogens is 442 g/mol. The Morgan fingerprint density at radius 3 is 2.48 bits per heavy atom. The van der Waals surface area contributed by atoms with Gasteiger partial charge < -0.3 is 9.47 Å². The number of carbonyl (C=O) groups excluding carboxylic acids is 1. The molecule has 0 aromatic heterocycles. The number of ether oxygens (including phenoxy) is 2. The van der Waals surface area contributed by atoms with Crippen LogP contribution in [0.25, 0.3) is 0 Å². The summed E-state index contributed by atoms with van der Waals surface area (Å²) in [7, 11) is 0. The Balaban J connectivity index is 1.65. The molecule has 0 aliphatic carbocycles. The molecule has 5 nitrogen and oxygen atoms in total. The maximum atomic E-state index is 13.0. The fraction of sp³-hybridized carbons (Fsp3) is 0.130. The van der Waals surface area contributed by atoms with Gasteiger partial charge in [0.1, 0.15) is 12.4 Å². The van der Waals surface area contributed by atoms with Crippen LogP contribution in [0, 0.1) is 5.82 Å². The zero-order valence-corrected chi connectivity index (χ0v) is 18.1. The molecule has 0 unspecified atom stereocenters. The van der Waals surface area contributed by atoms with Gasteiger partial charge in [0.2, 0.25) is 0 Å². The standard InChI is InChI=1S/C23H19Cl2FN2O3/c1-2-30-22-11-16(5-10-21(22)31-14-15-3-7-18(26)8-4-15)13-27-28-23(29)17-6-9-19(24)20(25)12-17/h3-13H,2,14H2,1H3,(H,28,29)/b27-13-. The lowest BCUT2D eigenvalue weighted by molar-refractivity contribution is 0.0955. The van der Waals surface area contributed by atoms with Gasteiger partial charge in [-0.25, -0.2) is 9.82 Å². The molecule has 1 amide bonds. The van der Waals surface area contributed by atoms with Crippen LogP contribution in [-0.4, -0.2) is 18.7 Å². The largest absolute Gasteiger partial charge is 0.490 e. The van der Waals surface area contributed by atoms with Gasteiger partial charge in [0.25, 0.3) is 5.91 Å². The van der Waals surface area contributed by atoms with Crippen LogP contribution >= 0.6 is 23.2 Å². The Kier molecular flexibility index (Phi) is 7.87. The molecule has 0 bridgehead atoms. The number of hydrogen-bond donors (Lipinski definition) is 1. The van der Waals surface area contributed by atoms with E-state index in [2.05, 4.69) is 10.5 Å². The molecule has 8 heteroatoms. The summed E-state index contributed by atoms with van der Waals surface area (Å²) in [6, 6.07) is 15.9. The van der Waals surface area contributed by atoms with E-state index in [1.807, 2.05) is 6.92 Å². The molecule has 0 aliphatic rings. The van der Waals surface area contributed by atoms with Crippen molar-refractivity contribution in [3.63, 3.8) is 0 Å². The quantitative estimate of drug-likeness (QED) is 0.337. The molecule has 0 heterocycles. The molecule has 31 heavy (non-hydrogen) atoms. The van der Waals surface area contributed by atoms with Crippen LogP contribution in [-0.2, 0) is 6.61 Å². The summed E-state index contributed by atoms with van der Waals surface area (Å²) in [5.41, 5.74) is 4.31. The van der Waals surface area contributed by atoms with Crippen molar-refractivity contribution in [2.24, 2.45) is 5.10 Å². The summed E-state index contributed by atoms with van der Waals surface area (Å²) in [4.78, 5) is 12.2. The first-order valence-electron chi connectivity index (χ1n) is 9.39. The Morgan fingerprint density at radius 2 is 1.77 bits per heavy atom. The van der Waals surface area contributed by atoms with E-state index in [9.17, 15) is 9.18 Å². The van der Waals surface area contributed by atoms with Crippen molar-refractivity contribution in [2.45, 2.75) is 13.5 Å². The van der Waals surface area contributed by atoms with E-state index < -0.39 is 5.91 Å². The van der Waals surface area contributed by atoms with Crippen molar-refractivity contribution in [1.82, 2.24) is 5.43 Å². The first-order valence-corrected chi connectivity index (χ1v) is 10.1. The minimum Gasteiger partial charge on any atom is -0.490 e. The summed E-state index contributed by atoms with van der Waals surface area (Å²) in [5.74, 6) is 0.361. The topological polar surface area (TPSA) is 59.9 Å². The Bertz CT molecular complexity index is 1090. The summed E-state index contributed by atoms with van der Waals surface area (Å²) in [6.45, 7) is 2.58. The van der Waals surface area contributed by atoms with Crippen LogP contribution in [0.5, 0.6) is 11.5 Å². The molecule has 1 N–H and O–H groups in total. The van der Waals surface area contributed by atoms with Crippen molar-refractivity contribution >= 4 is 35.3 Å². The summed E-state index contributed by atoms with van der Waals surface area (Å²) in [6.07, 6.45) is 1.49. The van der Waals surface area contributed by atoms with Crippen molar-refractivity contribution in [2.75, 3.05) is 6.61 Å². The van der Waals surface area contributed by atoms with Crippen LogP contribution in [0.2, 0.25) is 10.0 Å². The molecule has 0 radical (unpaired) electrons. The number of carbonyl (C=O) groups is 1. The highest BCUT2D eigenvalue weighted by Crippen LogP contribution is 2.29. The molecule has 0 fully saturated rings. The average Bonchev–Trinajstić information content (AvgIpc) is 2.76. The van der Waals surface area contributed by atoms with Gasteiger partial charge in [-0.3, -0.25) is 4.79 Å². The van der Waals surface area contributed by atoms with Crippen LogP contribution in [0.4, 0.5) is 4.39 Å². The fourth-order valence-corrected chi connectivity index (χ4v) is 2.90. The molecule has 0 atom stereocenters. The molecule has 0 saturated heterocycles. The van der Waals surface area contributed by atoms with Gasteiger partial charge in [0.05, 0.1) is 22.9 Å². The van der Waals surface area contributed by atoms with Crippen LogP contribution in [0.15, 0.2) is 65.8 Å². The third-order valence-electron chi connectivity index (χ3n) is 4.14. The smallest absolute Gasteiger partial charge is 0.271 e. The normalized spacial score (nSPS) is 10.8. The molecule has 0 saturated carbocycles. The zero-order chi connectivity index (χ0) is 22.2. The van der Waals surface area contributed by atoms with Crippen LogP contribution < -0.4 is 14.9 Å². The average molecular weight is 461 g/mol. The third kappa shape index (κ3) is 6.44. The number of hydrazone groups is 1. The maximum absolute atomic E-state index is 13.0. The molecule has 0 aliphatic heterocycles.